The second-order valence-corrected chi connectivity index (χ2v) is 5.47. The zero-order valence-corrected chi connectivity index (χ0v) is 12.3. The van der Waals surface area contributed by atoms with Crippen LogP contribution in [0.1, 0.15) is 24.3 Å². The zero-order chi connectivity index (χ0) is 13.3. The topological polar surface area (TPSA) is 31.2 Å². The minimum Gasteiger partial charge on any atom is -0.464 e. The van der Waals surface area contributed by atoms with E-state index in [1.54, 1.807) is 0 Å². The van der Waals surface area contributed by atoms with E-state index < -0.39 is 0 Å². The van der Waals surface area contributed by atoms with E-state index >= 15 is 0 Å². The molecule has 96 valence electrons. The van der Waals surface area contributed by atoms with Crippen molar-refractivity contribution in [3.8, 4) is 0 Å². The fourth-order valence-corrected chi connectivity index (χ4v) is 2.82. The van der Waals surface area contributed by atoms with Gasteiger partial charge in [0.15, 0.2) is 0 Å². The highest BCUT2D eigenvalue weighted by molar-refractivity contribution is 9.10. The summed E-state index contributed by atoms with van der Waals surface area (Å²) in [7, 11) is 1.41. The smallest absolute Gasteiger partial charge is 0.355 e. The quantitative estimate of drug-likeness (QED) is 0.806. The van der Waals surface area contributed by atoms with Gasteiger partial charge in [0.25, 0.3) is 0 Å². The van der Waals surface area contributed by atoms with E-state index in [1.165, 1.54) is 7.11 Å². The maximum absolute atomic E-state index is 11.9. The van der Waals surface area contributed by atoms with Crippen molar-refractivity contribution in [2.45, 2.75) is 20.4 Å². The molecule has 1 aromatic heterocycles. The normalized spacial score (nSPS) is 11.2. The fourth-order valence-electron chi connectivity index (χ4n) is 2.11. The van der Waals surface area contributed by atoms with Gasteiger partial charge in [-0.25, -0.2) is 4.79 Å². The van der Waals surface area contributed by atoms with E-state index in [0.29, 0.717) is 11.6 Å². The first-order valence-corrected chi connectivity index (χ1v) is 6.70. The molecular weight excluding hydrogens is 294 g/mol. The Labute approximate surface area is 115 Å². The third-order valence-electron chi connectivity index (χ3n) is 2.84. The molecule has 1 heterocycles. The maximum Gasteiger partial charge on any atom is 0.355 e. The molecule has 0 saturated heterocycles. The highest BCUT2D eigenvalue weighted by Gasteiger charge is 2.21. The Kier molecular flexibility index (Phi) is 3.76. The van der Waals surface area contributed by atoms with Crippen LogP contribution in [0.2, 0.25) is 0 Å². The lowest BCUT2D eigenvalue weighted by molar-refractivity contribution is 0.0587. The summed E-state index contributed by atoms with van der Waals surface area (Å²) in [6, 6.07) is 7.97. The number of rotatable bonds is 3. The van der Waals surface area contributed by atoms with Gasteiger partial charge in [0, 0.05) is 17.4 Å². The van der Waals surface area contributed by atoms with Crippen molar-refractivity contribution in [3.63, 3.8) is 0 Å². The van der Waals surface area contributed by atoms with Gasteiger partial charge < -0.3 is 9.30 Å². The number of methoxy groups -OCH3 is 1. The van der Waals surface area contributed by atoms with Crippen molar-refractivity contribution < 1.29 is 9.53 Å². The summed E-state index contributed by atoms with van der Waals surface area (Å²) in [6.07, 6.45) is 0. The minimum absolute atomic E-state index is 0.307. The van der Waals surface area contributed by atoms with Crippen molar-refractivity contribution in [2.75, 3.05) is 7.11 Å². The largest absolute Gasteiger partial charge is 0.464 e. The molecule has 0 aliphatic rings. The summed E-state index contributed by atoms with van der Waals surface area (Å²) in [5.74, 6) is 0.148. The number of nitrogens with zero attached hydrogens (tertiary/aromatic N) is 1. The second-order valence-electron chi connectivity index (χ2n) is 4.68. The molecule has 0 amide bonds. The van der Waals surface area contributed by atoms with Crippen molar-refractivity contribution >= 4 is 32.8 Å². The van der Waals surface area contributed by atoms with Crippen LogP contribution in [0.4, 0.5) is 0 Å². The Morgan fingerprint density at radius 2 is 2.06 bits per heavy atom. The number of aromatic nitrogens is 1. The summed E-state index contributed by atoms with van der Waals surface area (Å²) in [5.41, 5.74) is 1.64. The van der Waals surface area contributed by atoms with E-state index in [1.807, 2.05) is 28.8 Å². The second kappa shape index (κ2) is 5.14. The SMILES string of the molecule is COC(=O)c1c(Br)c2ccccc2n1CC(C)C. The van der Waals surface area contributed by atoms with Gasteiger partial charge in [0.2, 0.25) is 0 Å². The molecule has 0 fully saturated rings. The minimum atomic E-state index is -0.307. The van der Waals surface area contributed by atoms with Crippen molar-refractivity contribution in [2.24, 2.45) is 5.92 Å². The highest BCUT2D eigenvalue weighted by Crippen LogP contribution is 2.32. The van der Waals surface area contributed by atoms with Gasteiger partial charge in [-0.1, -0.05) is 32.0 Å². The molecule has 0 radical (unpaired) electrons. The first-order chi connectivity index (χ1) is 8.56. The van der Waals surface area contributed by atoms with Crippen molar-refractivity contribution in [1.82, 2.24) is 4.57 Å². The number of carbonyl (C=O) groups excluding carboxylic acids is 1. The lowest BCUT2D eigenvalue weighted by Gasteiger charge is -2.12. The van der Waals surface area contributed by atoms with Gasteiger partial charge in [-0.15, -0.1) is 0 Å². The average molecular weight is 310 g/mol. The Morgan fingerprint density at radius 3 is 2.67 bits per heavy atom. The molecule has 18 heavy (non-hydrogen) atoms. The zero-order valence-electron chi connectivity index (χ0n) is 10.7. The molecule has 2 aromatic rings. The first-order valence-electron chi connectivity index (χ1n) is 5.91. The Morgan fingerprint density at radius 1 is 1.39 bits per heavy atom. The first kappa shape index (κ1) is 13.1. The van der Waals surface area contributed by atoms with Crippen LogP contribution >= 0.6 is 15.9 Å². The summed E-state index contributed by atoms with van der Waals surface area (Å²) in [5, 5.41) is 1.04. The number of hydrogen-bond donors (Lipinski definition) is 0. The van der Waals surface area contributed by atoms with Crippen LogP contribution in [0.5, 0.6) is 0 Å². The van der Waals surface area contributed by atoms with Crippen molar-refractivity contribution in [1.29, 1.82) is 0 Å². The summed E-state index contributed by atoms with van der Waals surface area (Å²) < 4.78 is 7.71. The summed E-state index contributed by atoms with van der Waals surface area (Å²) >= 11 is 3.51. The average Bonchev–Trinajstić information content (AvgIpc) is 2.62. The highest BCUT2D eigenvalue weighted by atomic mass is 79.9. The lowest BCUT2D eigenvalue weighted by atomic mass is 10.2. The van der Waals surface area contributed by atoms with Crippen LogP contribution in [-0.4, -0.2) is 17.6 Å². The maximum atomic E-state index is 11.9. The Bertz CT molecular complexity index is 587. The van der Waals surface area contributed by atoms with Crippen LogP contribution in [0, 0.1) is 5.92 Å². The van der Waals surface area contributed by atoms with Crippen LogP contribution < -0.4 is 0 Å². The Balaban J connectivity index is 2.72. The molecule has 0 unspecified atom stereocenters. The molecule has 0 N–H and O–H groups in total. The van der Waals surface area contributed by atoms with Gasteiger partial charge in [-0.3, -0.25) is 0 Å². The van der Waals surface area contributed by atoms with E-state index in [9.17, 15) is 4.79 Å². The van der Waals surface area contributed by atoms with Crippen LogP contribution in [0.3, 0.4) is 0 Å². The Hall–Kier alpha value is -1.29. The summed E-state index contributed by atoms with van der Waals surface area (Å²) in [4.78, 5) is 11.9. The van der Waals surface area contributed by atoms with E-state index in [4.69, 9.17) is 4.74 Å². The predicted octanol–water partition coefficient (Wildman–Crippen LogP) is 3.85. The van der Waals surface area contributed by atoms with Crippen molar-refractivity contribution in [3.05, 3.63) is 34.4 Å². The molecule has 0 bridgehead atoms. The number of esters is 1. The van der Waals surface area contributed by atoms with Crippen LogP contribution in [0.15, 0.2) is 28.7 Å². The molecule has 0 atom stereocenters. The van der Waals surface area contributed by atoms with Gasteiger partial charge in [-0.05, 0) is 27.9 Å². The molecule has 3 nitrogen and oxygen atoms in total. The monoisotopic (exact) mass is 309 g/mol. The number of ether oxygens (including phenoxy) is 1. The molecule has 0 aliphatic heterocycles. The molecule has 4 heteroatoms. The molecular formula is C14H16BrNO2. The predicted molar refractivity (Wildman–Crippen MR) is 75.8 cm³/mol. The molecule has 0 spiro atoms. The fraction of sp³-hybridized carbons (Fsp3) is 0.357. The standard InChI is InChI=1S/C14H16BrNO2/c1-9(2)8-16-11-7-5-4-6-10(11)12(15)13(16)14(17)18-3/h4-7,9H,8H2,1-3H3. The van der Waals surface area contributed by atoms with Gasteiger partial charge in [0.1, 0.15) is 5.69 Å². The van der Waals surface area contributed by atoms with Gasteiger partial charge in [0.05, 0.1) is 11.6 Å². The number of fused-ring (bicyclic) bond motifs is 1. The summed E-state index contributed by atoms with van der Waals surface area (Å²) in [6.45, 7) is 5.05. The third kappa shape index (κ3) is 2.17. The van der Waals surface area contributed by atoms with Crippen LogP contribution in [0.25, 0.3) is 10.9 Å². The van der Waals surface area contributed by atoms with Crippen LogP contribution in [-0.2, 0) is 11.3 Å². The molecule has 0 aliphatic carbocycles. The van der Waals surface area contributed by atoms with E-state index in [2.05, 4.69) is 29.8 Å². The number of benzene rings is 1. The van der Waals surface area contributed by atoms with E-state index in [-0.39, 0.29) is 5.97 Å². The number of carbonyl (C=O) groups is 1. The number of hydrogen-bond acceptors (Lipinski definition) is 2. The third-order valence-corrected chi connectivity index (χ3v) is 3.64. The number of para-hydroxylation sites is 1. The molecule has 2 rings (SSSR count). The number of halogens is 1. The molecule has 1 aromatic carbocycles. The van der Waals surface area contributed by atoms with E-state index in [0.717, 1.165) is 21.9 Å². The molecule has 0 saturated carbocycles. The lowest BCUT2D eigenvalue weighted by Crippen LogP contribution is -2.13. The van der Waals surface area contributed by atoms with Gasteiger partial charge in [-0.2, -0.15) is 0 Å². The van der Waals surface area contributed by atoms with Gasteiger partial charge >= 0.3 is 5.97 Å².